The molecule has 0 atom stereocenters. The Balaban J connectivity index is 2.12. The Morgan fingerprint density at radius 3 is 2.48 bits per heavy atom. The van der Waals surface area contributed by atoms with Crippen molar-refractivity contribution in [2.45, 2.75) is 39.0 Å². The van der Waals surface area contributed by atoms with E-state index >= 15 is 0 Å². The molecule has 0 unspecified atom stereocenters. The maximum Gasteiger partial charge on any atom is 0.348 e. The number of carbonyl (C=O) groups is 2. The van der Waals surface area contributed by atoms with Crippen LogP contribution in [0.25, 0.3) is 0 Å². The van der Waals surface area contributed by atoms with Gasteiger partial charge in [0.25, 0.3) is 0 Å². The molecule has 0 bridgehead atoms. The number of benzene rings is 1. The minimum absolute atomic E-state index is 0.0131. The third-order valence-electron chi connectivity index (χ3n) is 3.78. The summed E-state index contributed by atoms with van der Waals surface area (Å²) in [6.07, 6.45) is -0.0157. The van der Waals surface area contributed by atoms with Crippen LogP contribution < -0.4 is 0 Å². The lowest BCUT2D eigenvalue weighted by Crippen LogP contribution is -2.13. The molecule has 4 nitrogen and oxygen atoms in total. The average molecular weight is 364 g/mol. The SMILES string of the molecule is COC(=O)c1ccc(CC(=O)Cc2cc(O)c(C(C)(C)C)cc2F)s1. The van der Waals surface area contributed by atoms with Crippen molar-refractivity contribution >= 4 is 23.1 Å². The summed E-state index contributed by atoms with van der Waals surface area (Å²) in [5.41, 5.74) is 0.275. The van der Waals surface area contributed by atoms with Gasteiger partial charge in [-0.1, -0.05) is 20.8 Å². The molecule has 0 radical (unpaired) electrons. The fraction of sp³-hybridized carbons (Fsp3) is 0.368. The molecule has 0 spiro atoms. The van der Waals surface area contributed by atoms with Crippen molar-refractivity contribution in [1.82, 2.24) is 0 Å². The maximum absolute atomic E-state index is 14.3. The van der Waals surface area contributed by atoms with Crippen molar-refractivity contribution < 1.29 is 23.8 Å². The van der Waals surface area contributed by atoms with E-state index in [0.29, 0.717) is 15.3 Å². The fourth-order valence-corrected chi connectivity index (χ4v) is 3.45. The monoisotopic (exact) mass is 364 g/mol. The Hall–Kier alpha value is -2.21. The minimum atomic E-state index is -0.502. The number of esters is 1. The van der Waals surface area contributed by atoms with Crippen molar-refractivity contribution in [2.75, 3.05) is 7.11 Å². The zero-order chi connectivity index (χ0) is 18.8. The molecule has 1 aromatic heterocycles. The van der Waals surface area contributed by atoms with Crippen LogP contribution in [0.3, 0.4) is 0 Å². The summed E-state index contributed by atoms with van der Waals surface area (Å²) in [5.74, 6) is -1.16. The van der Waals surface area contributed by atoms with E-state index in [4.69, 9.17) is 0 Å². The highest BCUT2D eigenvalue weighted by Gasteiger charge is 2.21. The quantitative estimate of drug-likeness (QED) is 0.814. The second kappa shape index (κ2) is 7.35. The highest BCUT2D eigenvalue weighted by molar-refractivity contribution is 7.14. The lowest BCUT2D eigenvalue weighted by molar-refractivity contribution is -0.117. The van der Waals surface area contributed by atoms with Gasteiger partial charge in [-0.15, -0.1) is 11.3 Å². The van der Waals surface area contributed by atoms with Crippen molar-refractivity contribution in [2.24, 2.45) is 0 Å². The van der Waals surface area contributed by atoms with Crippen molar-refractivity contribution in [3.8, 4) is 5.75 Å². The zero-order valence-corrected chi connectivity index (χ0v) is 15.5. The number of Topliss-reactive ketones (excluding diaryl/α,β-unsaturated/α-hetero) is 1. The zero-order valence-electron chi connectivity index (χ0n) is 14.7. The number of phenols is 1. The summed E-state index contributed by atoms with van der Waals surface area (Å²) in [6.45, 7) is 5.63. The first-order chi connectivity index (χ1) is 11.6. The number of phenolic OH excluding ortho intramolecular Hbond substituents is 1. The van der Waals surface area contributed by atoms with Gasteiger partial charge in [-0.3, -0.25) is 4.79 Å². The van der Waals surface area contributed by atoms with E-state index in [1.807, 2.05) is 20.8 Å². The fourth-order valence-electron chi connectivity index (χ4n) is 2.49. The van der Waals surface area contributed by atoms with Crippen LogP contribution in [-0.4, -0.2) is 24.0 Å². The number of hydrogen-bond acceptors (Lipinski definition) is 5. The predicted molar refractivity (Wildman–Crippen MR) is 94.8 cm³/mol. The van der Waals surface area contributed by atoms with E-state index in [1.165, 1.54) is 30.6 Å². The van der Waals surface area contributed by atoms with Crippen LogP contribution in [-0.2, 0) is 27.8 Å². The summed E-state index contributed by atoms with van der Waals surface area (Å²) in [5, 5.41) is 10.1. The molecule has 1 heterocycles. The number of thiophene rings is 1. The normalized spacial score (nSPS) is 11.4. The second-order valence-corrected chi connectivity index (χ2v) is 8.03. The summed E-state index contributed by atoms with van der Waals surface area (Å²) >= 11 is 1.18. The smallest absolute Gasteiger partial charge is 0.348 e. The molecule has 2 rings (SSSR count). The minimum Gasteiger partial charge on any atom is -0.508 e. The number of halogens is 1. The molecule has 0 saturated heterocycles. The van der Waals surface area contributed by atoms with Gasteiger partial charge in [-0.05, 0) is 35.2 Å². The van der Waals surface area contributed by atoms with Crippen LogP contribution in [0.2, 0.25) is 0 Å². The highest BCUT2D eigenvalue weighted by Crippen LogP contribution is 2.33. The van der Waals surface area contributed by atoms with Gasteiger partial charge in [-0.25, -0.2) is 9.18 Å². The second-order valence-electron chi connectivity index (χ2n) is 6.86. The number of ether oxygens (including phenoxy) is 1. The van der Waals surface area contributed by atoms with E-state index in [-0.39, 0.29) is 29.9 Å². The predicted octanol–water partition coefficient (Wildman–Crippen LogP) is 4.03. The molecule has 0 aliphatic heterocycles. The van der Waals surface area contributed by atoms with E-state index in [9.17, 15) is 19.1 Å². The van der Waals surface area contributed by atoms with Gasteiger partial charge in [0.05, 0.1) is 7.11 Å². The number of ketones is 1. The molecule has 0 amide bonds. The Kier molecular flexibility index (Phi) is 5.62. The van der Waals surface area contributed by atoms with Gasteiger partial charge >= 0.3 is 5.97 Å². The number of carbonyl (C=O) groups excluding carboxylic acids is 2. The molecule has 0 saturated carbocycles. The molecule has 1 aromatic carbocycles. The first-order valence-electron chi connectivity index (χ1n) is 7.82. The molecule has 25 heavy (non-hydrogen) atoms. The van der Waals surface area contributed by atoms with Crippen LogP contribution in [0.1, 0.15) is 46.4 Å². The largest absolute Gasteiger partial charge is 0.508 e. The van der Waals surface area contributed by atoms with Gasteiger partial charge in [0.15, 0.2) is 0 Å². The third-order valence-corrected chi connectivity index (χ3v) is 4.85. The van der Waals surface area contributed by atoms with Crippen LogP contribution in [0.4, 0.5) is 4.39 Å². The molecule has 0 aliphatic rings. The number of aromatic hydroxyl groups is 1. The molecular weight excluding hydrogens is 343 g/mol. The van der Waals surface area contributed by atoms with Crippen molar-refractivity contribution in [3.05, 3.63) is 51.0 Å². The Morgan fingerprint density at radius 1 is 1.20 bits per heavy atom. The number of rotatable bonds is 5. The van der Waals surface area contributed by atoms with Gasteiger partial charge in [0.2, 0.25) is 0 Å². The van der Waals surface area contributed by atoms with Crippen LogP contribution in [0.5, 0.6) is 5.75 Å². The number of methoxy groups -OCH3 is 1. The Morgan fingerprint density at radius 2 is 1.88 bits per heavy atom. The van der Waals surface area contributed by atoms with Crippen LogP contribution >= 0.6 is 11.3 Å². The number of hydrogen-bond donors (Lipinski definition) is 1. The van der Waals surface area contributed by atoms with Crippen LogP contribution in [0, 0.1) is 5.82 Å². The first-order valence-corrected chi connectivity index (χ1v) is 8.64. The van der Waals surface area contributed by atoms with Gasteiger partial charge in [0.1, 0.15) is 22.2 Å². The van der Waals surface area contributed by atoms with Crippen molar-refractivity contribution in [1.29, 1.82) is 0 Å². The van der Waals surface area contributed by atoms with Crippen LogP contribution in [0.15, 0.2) is 24.3 Å². The first kappa shape index (κ1) is 19.1. The van der Waals surface area contributed by atoms with E-state index in [1.54, 1.807) is 12.1 Å². The molecule has 0 aliphatic carbocycles. The topological polar surface area (TPSA) is 63.6 Å². The van der Waals surface area contributed by atoms with Gasteiger partial charge in [-0.2, -0.15) is 0 Å². The third kappa shape index (κ3) is 4.66. The molecule has 6 heteroatoms. The molecular formula is C19H21FO4S. The maximum atomic E-state index is 14.3. The lowest BCUT2D eigenvalue weighted by Gasteiger charge is -2.21. The summed E-state index contributed by atoms with van der Waals surface area (Å²) in [4.78, 5) is 24.8. The highest BCUT2D eigenvalue weighted by atomic mass is 32.1. The summed E-state index contributed by atoms with van der Waals surface area (Å²) < 4.78 is 18.9. The Labute approximate surface area is 150 Å². The molecule has 0 fully saturated rings. The van der Waals surface area contributed by atoms with Gasteiger partial charge < -0.3 is 9.84 Å². The standard InChI is InChI=1S/C19H21FO4S/c1-19(2,3)14-10-15(20)11(8-16(14)22)7-12(21)9-13-5-6-17(25-13)18(23)24-4/h5-6,8,10,22H,7,9H2,1-4H3. The van der Waals surface area contributed by atoms with E-state index in [0.717, 1.165) is 0 Å². The summed E-state index contributed by atoms with van der Waals surface area (Å²) in [6, 6.07) is 5.90. The average Bonchev–Trinajstić information content (AvgIpc) is 2.97. The molecule has 134 valence electrons. The van der Waals surface area contributed by atoms with E-state index in [2.05, 4.69) is 4.74 Å². The van der Waals surface area contributed by atoms with Crippen molar-refractivity contribution in [3.63, 3.8) is 0 Å². The van der Waals surface area contributed by atoms with Gasteiger partial charge in [0, 0.05) is 23.3 Å². The lowest BCUT2D eigenvalue weighted by atomic mass is 9.85. The Bertz CT molecular complexity index is 802. The molecule has 1 N–H and O–H groups in total. The molecule has 2 aromatic rings. The summed E-state index contributed by atoms with van der Waals surface area (Å²) in [7, 11) is 1.30. The van der Waals surface area contributed by atoms with E-state index < -0.39 is 17.2 Å².